The number of ether oxygens (including phenoxy) is 2. The largest absolute Gasteiger partial charge is 0.490 e. The van der Waals surface area contributed by atoms with Gasteiger partial charge >= 0.3 is 11.6 Å². The lowest BCUT2D eigenvalue weighted by Gasteiger charge is -2.13. The summed E-state index contributed by atoms with van der Waals surface area (Å²) in [6.45, 7) is 5.61. The second kappa shape index (κ2) is 10.3. The average molecular weight is 489 g/mol. The normalized spacial score (nSPS) is 10.8. The molecule has 1 N–H and O–H groups in total. The van der Waals surface area contributed by atoms with Crippen molar-refractivity contribution >= 4 is 28.5 Å². The maximum atomic E-state index is 13.1. The van der Waals surface area contributed by atoms with Gasteiger partial charge in [0.05, 0.1) is 24.6 Å². The number of nitrogens with zero attached hydrogens (tertiary/aromatic N) is 2. The molecule has 0 unspecified atom stereocenters. The Morgan fingerprint density at radius 1 is 1.03 bits per heavy atom. The maximum Gasteiger partial charge on any atom is 0.360 e. The van der Waals surface area contributed by atoms with Crippen molar-refractivity contribution in [1.82, 2.24) is 9.78 Å². The topological polar surface area (TPSA) is 130 Å². The Labute approximate surface area is 205 Å². The van der Waals surface area contributed by atoms with Crippen molar-refractivity contribution in [3.63, 3.8) is 0 Å². The van der Waals surface area contributed by atoms with Crippen molar-refractivity contribution in [3.8, 4) is 11.4 Å². The van der Waals surface area contributed by atoms with Crippen LogP contribution in [0.25, 0.3) is 16.7 Å². The fraction of sp³-hybridized carbons (Fsp3) is 0.192. The van der Waals surface area contributed by atoms with Gasteiger partial charge < -0.3 is 19.2 Å². The highest BCUT2D eigenvalue weighted by molar-refractivity contribution is 6.08. The van der Waals surface area contributed by atoms with Crippen LogP contribution in [0.2, 0.25) is 0 Å². The minimum Gasteiger partial charge on any atom is -0.490 e. The Morgan fingerprint density at radius 2 is 1.81 bits per heavy atom. The molecule has 0 radical (unpaired) electrons. The summed E-state index contributed by atoms with van der Waals surface area (Å²) in [5, 5.41) is 7.07. The van der Waals surface area contributed by atoms with Crippen LogP contribution in [-0.2, 0) is 4.74 Å². The van der Waals surface area contributed by atoms with E-state index in [1.807, 2.05) is 0 Å². The second-order valence-electron chi connectivity index (χ2n) is 7.67. The number of aryl methyl sites for hydroxylation is 1. The molecule has 0 saturated carbocycles. The molecule has 2 aromatic carbocycles. The number of hydrogen-bond acceptors (Lipinski definition) is 8. The molecule has 0 bridgehead atoms. The highest BCUT2D eigenvalue weighted by Gasteiger charge is 2.23. The number of esters is 1. The van der Waals surface area contributed by atoms with E-state index >= 15 is 0 Å². The van der Waals surface area contributed by atoms with E-state index in [9.17, 15) is 19.2 Å². The fourth-order valence-corrected chi connectivity index (χ4v) is 3.61. The first-order chi connectivity index (χ1) is 17.3. The number of fused-ring (bicyclic) bond motifs is 1. The summed E-state index contributed by atoms with van der Waals surface area (Å²) in [4.78, 5) is 51.2. The molecule has 0 atom stereocenters. The number of carbonyl (C=O) groups excluding carboxylic acids is 2. The molecule has 2 aromatic heterocycles. The lowest BCUT2D eigenvalue weighted by Crippen LogP contribution is -2.28. The first-order valence-electron chi connectivity index (χ1n) is 11.2. The molecule has 0 fully saturated rings. The number of nitrogens with one attached hydrogen (secondary N) is 1. The molecular weight excluding hydrogens is 466 g/mol. The van der Waals surface area contributed by atoms with E-state index in [1.54, 1.807) is 63.2 Å². The molecule has 36 heavy (non-hydrogen) atoms. The van der Waals surface area contributed by atoms with Gasteiger partial charge in [-0.2, -0.15) is 9.78 Å². The first kappa shape index (κ1) is 24.4. The third kappa shape index (κ3) is 4.74. The second-order valence-corrected chi connectivity index (χ2v) is 7.67. The maximum absolute atomic E-state index is 13.1. The van der Waals surface area contributed by atoms with Crippen LogP contribution in [0.3, 0.4) is 0 Å². The van der Waals surface area contributed by atoms with E-state index in [-0.39, 0.29) is 29.1 Å². The van der Waals surface area contributed by atoms with Crippen molar-refractivity contribution in [2.24, 2.45) is 0 Å². The number of hydrogen-bond donors (Lipinski definition) is 1. The highest BCUT2D eigenvalue weighted by Crippen LogP contribution is 2.25. The van der Waals surface area contributed by atoms with Gasteiger partial charge in [-0.1, -0.05) is 30.3 Å². The van der Waals surface area contributed by atoms with Gasteiger partial charge in [0.15, 0.2) is 17.0 Å². The summed E-state index contributed by atoms with van der Waals surface area (Å²) in [6, 6.07) is 14.4. The van der Waals surface area contributed by atoms with Crippen LogP contribution >= 0.6 is 0 Å². The molecule has 4 rings (SSSR count). The Morgan fingerprint density at radius 3 is 2.53 bits per heavy atom. The van der Waals surface area contributed by atoms with Gasteiger partial charge in [0, 0.05) is 11.5 Å². The van der Waals surface area contributed by atoms with E-state index in [2.05, 4.69) is 10.4 Å². The summed E-state index contributed by atoms with van der Waals surface area (Å²) < 4.78 is 17.0. The highest BCUT2D eigenvalue weighted by atomic mass is 16.5. The number of benzene rings is 2. The van der Waals surface area contributed by atoms with Gasteiger partial charge in [-0.05, 0) is 44.5 Å². The van der Waals surface area contributed by atoms with Crippen LogP contribution in [0.15, 0.2) is 68.6 Å². The Kier molecular flexibility index (Phi) is 6.95. The Hall–Kier alpha value is -4.73. The number of amides is 1. The lowest BCUT2D eigenvalue weighted by molar-refractivity contribution is 0.0518. The fourth-order valence-electron chi connectivity index (χ4n) is 3.61. The predicted octanol–water partition coefficient (Wildman–Crippen LogP) is 3.48. The predicted molar refractivity (Wildman–Crippen MR) is 132 cm³/mol. The van der Waals surface area contributed by atoms with Gasteiger partial charge in [-0.3, -0.25) is 9.59 Å². The average Bonchev–Trinajstić information content (AvgIpc) is 2.85. The number of anilines is 1. The molecule has 0 spiro atoms. The van der Waals surface area contributed by atoms with Crippen LogP contribution in [0.4, 0.5) is 5.69 Å². The SMILES string of the molecule is CCOC(=O)c1nn(-c2ccccc2C)c(=O)cc1NC(=O)c1cc2cccc(OCC)c2oc1=O. The molecule has 0 aliphatic heterocycles. The number of rotatable bonds is 7. The molecule has 0 aliphatic rings. The molecule has 1 amide bonds. The zero-order valence-electron chi connectivity index (χ0n) is 19.9. The lowest BCUT2D eigenvalue weighted by atomic mass is 10.1. The summed E-state index contributed by atoms with van der Waals surface area (Å²) in [6.07, 6.45) is 0. The van der Waals surface area contributed by atoms with E-state index < -0.39 is 23.1 Å². The van der Waals surface area contributed by atoms with Crippen LogP contribution in [0.5, 0.6) is 5.75 Å². The van der Waals surface area contributed by atoms with Crippen molar-refractivity contribution in [2.75, 3.05) is 18.5 Å². The standard InChI is InChI=1S/C26H23N3O7/c1-4-34-20-12-8-10-16-13-17(25(32)36-23(16)20)24(31)27-18-14-21(30)29(19-11-7-6-9-15(19)3)28-22(18)26(33)35-5-2/h6-14H,4-5H2,1-3H3,(H,27,31). The first-order valence-corrected chi connectivity index (χ1v) is 11.2. The Balaban J connectivity index is 1.78. The monoisotopic (exact) mass is 489 g/mol. The van der Waals surface area contributed by atoms with E-state index in [1.165, 1.54) is 6.07 Å². The zero-order chi connectivity index (χ0) is 25.8. The van der Waals surface area contributed by atoms with E-state index in [0.717, 1.165) is 16.3 Å². The van der Waals surface area contributed by atoms with Crippen LogP contribution in [-0.4, -0.2) is 34.9 Å². The van der Waals surface area contributed by atoms with Gasteiger partial charge in [0.2, 0.25) is 0 Å². The smallest absolute Gasteiger partial charge is 0.360 e. The van der Waals surface area contributed by atoms with Crippen molar-refractivity contribution in [3.05, 3.63) is 92.2 Å². The van der Waals surface area contributed by atoms with Crippen molar-refractivity contribution < 1.29 is 23.5 Å². The quantitative estimate of drug-likeness (QED) is 0.309. The van der Waals surface area contributed by atoms with E-state index in [0.29, 0.717) is 23.4 Å². The van der Waals surface area contributed by atoms with Crippen LogP contribution in [0, 0.1) is 6.92 Å². The van der Waals surface area contributed by atoms with Crippen molar-refractivity contribution in [2.45, 2.75) is 20.8 Å². The third-order valence-electron chi connectivity index (χ3n) is 5.26. The minimum absolute atomic E-state index is 0.0494. The molecule has 10 nitrogen and oxygen atoms in total. The number of carbonyl (C=O) groups is 2. The number of para-hydroxylation sites is 2. The summed E-state index contributed by atoms with van der Waals surface area (Å²) in [5.74, 6) is -1.36. The van der Waals surface area contributed by atoms with Gasteiger partial charge in [0.1, 0.15) is 5.56 Å². The molecular formula is C26H23N3O7. The van der Waals surface area contributed by atoms with Gasteiger partial charge in [0.25, 0.3) is 11.5 Å². The third-order valence-corrected chi connectivity index (χ3v) is 5.26. The van der Waals surface area contributed by atoms with Gasteiger partial charge in [-0.25, -0.2) is 9.59 Å². The molecule has 2 heterocycles. The van der Waals surface area contributed by atoms with Crippen LogP contribution < -0.4 is 21.2 Å². The summed E-state index contributed by atoms with van der Waals surface area (Å²) in [7, 11) is 0. The molecule has 184 valence electrons. The van der Waals surface area contributed by atoms with E-state index in [4.69, 9.17) is 13.9 Å². The number of aromatic nitrogens is 2. The zero-order valence-corrected chi connectivity index (χ0v) is 19.9. The molecule has 0 saturated heterocycles. The molecule has 4 aromatic rings. The van der Waals surface area contributed by atoms with Gasteiger partial charge in [-0.15, -0.1) is 0 Å². The van der Waals surface area contributed by atoms with Crippen LogP contribution in [0.1, 0.15) is 40.3 Å². The Bertz CT molecular complexity index is 1590. The van der Waals surface area contributed by atoms with Crippen molar-refractivity contribution in [1.29, 1.82) is 0 Å². The molecule has 10 heteroatoms. The summed E-state index contributed by atoms with van der Waals surface area (Å²) >= 11 is 0. The molecule has 0 aliphatic carbocycles. The minimum atomic E-state index is -0.911. The summed E-state index contributed by atoms with van der Waals surface area (Å²) in [5.41, 5.74) is -0.909.